The summed E-state index contributed by atoms with van der Waals surface area (Å²) in [6.45, 7) is 2.19. The summed E-state index contributed by atoms with van der Waals surface area (Å²) in [5.74, 6) is 0.687. The van der Waals surface area contributed by atoms with Gasteiger partial charge in [0.05, 0.1) is 0 Å². The molecule has 0 heterocycles. The number of hydrogen-bond acceptors (Lipinski definition) is 1. The molecule has 0 aliphatic heterocycles. The van der Waals surface area contributed by atoms with Gasteiger partial charge in [-0.2, -0.15) is 0 Å². The molecule has 0 fully saturated rings. The molecule has 0 aromatic rings. The summed E-state index contributed by atoms with van der Waals surface area (Å²) in [4.78, 5) is 1.19. The van der Waals surface area contributed by atoms with E-state index >= 15 is 0 Å². The fourth-order valence-electron chi connectivity index (χ4n) is 0.822. The highest BCUT2D eigenvalue weighted by Crippen LogP contribution is 2.19. The van der Waals surface area contributed by atoms with E-state index in [2.05, 4.69) is 31.7 Å². The molecule has 0 radical (unpaired) electrons. The van der Waals surface area contributed by atoms with Crippen molar-refractivity contribution in [3.05, 3.63) is 23.1 Å². The number of hydrogen-bond donors (Lipinski definition) is 1. The summed E-state index contributed by atoms with van der Waals surface area (Å²) in [6.07, 6.45) is 7.42. The van der Waals surface area contributed by atoms with Crippen LogP contribution in [0.1, 0.15) is 13.3 Å². The van der Waals surface area contributed by atoms with Crippen molar-refractivity contribution in [1.29, 1.82) is 0 Å². The molecule has 0 bridgehead atoms. The predicted molar refractivity (Wildman–Crippen MR) is 40.0 cm³/mol. The molecule has 1 aliphatic carbocycles. The molecular formula is C7H10S. The van der Waals surface area contributed by atoms with Gasteiger partial charge < -0.3 is 0 Å². The van der Waals surface area contributed by atoms with Crippen molar-refractivity contribution in [3.8, 4) is 0 Å². The van der Waals surface area contributed by atoms with E-state index in [-0.39, 0.29) is 0 Å². The summed E-state index contributed by atoms with van der Waals surface area (Å²) in [5, 5.41) is 0. The maximum Gasteiger partial charge on any atom is -0.0160 e. The summed E-state index contributed by atoms with van der Waals surface area (Å²) >= 11 is 4.23. The summed E-state index contributed by atoms with van der Waals surface area (Å²) in [7, 11) is 0. The second kappa shape index (κ2) is 2.40. The SMILES string of the molecule is CC1C=CC=C(S)C1. The lowest BCUT2D eigenvalue weighted by Gasteiger charge is -2.08. The van der Waals surface area contributed by atoms with Crippen molar-refractivity contribution in [2.45, 2.75) is 13.3 Å². The Kier molecular flexibility index (Phi) is 1.79. The van der Waals surface area contributed by atoms with Gasteiger partial charge in [0.1, 0.15) is 0 Å². The normalized spacial score (nSPS) is 27.8. The lowest BCUT2D eigenvalue weighted by Crippen LogP contribution is -1.92. The van der Waals surface area contributed by atoms with Gasteiger partial charge in [-0.25, -0.2) is 0 Å². The maximum absolute atomic E-state index is 4.23. The zero-order chi connectivity index (χ0) is 5.98. The van der Waals surface area contributed by atoms with E-state index in [0.29, 0.717) is 5.92 Å². The van der Waals surface area contributed by atoms with Crippen LogP contribution in [-0.2, 0) is 0 Å². The van der Waals surface area contributed by atoms with Crippen molar-refractivity contribution in [2.24, 2.45) is 5.92 Å². The largest absolute Gasteiger partial charge is 0.148 e. The zero-order valence-corrected chi connectivity index (χ0v) is 5.86. The fourth-order valence-corrected chi connectivity index (χ4v) is 1.20. The van der Waals surface area contributed by atoms with Gasteiger partial charge in [0.2, 0.25) is 0 Å². The molecule has 0 saturated heterocycles. The molecule has 1 aliphatic rings. The molecule has 0 saturated carbocycles. The average molecular weight is 126 g/mol. The molecule has 8 heavy (non-hydrogen) atoms. The van der Waals surface area contributed by atoms with Crippen LogP contribution >= 0.6 is 12.6 Å². The Balaban J connectivity index is 2.59. The molecule has 0 amide bonds. The van der Waals surface area contributed by atoms with E-state index in [0.717, 1.165) is 6.42 Å². The van der Waals surface area contributed by atoms with E-state index in [9.17, 15) is 0 Å². The average Bonchev–Trinajstić information content (AvgIpc) is 1.64. The summed E-state index contributed by atoms with van der Waals surface area (Å²) in [6, 6.07) is 0. The van der Waals surface area contributed by atoms with Gasteiger partial charge in [0, 0.05) is 0 Å². The molecule has 1 unspecified atom stereocenters. The first-order chi connectivity index (χ1) is 3.79. The van der Waals surface area contributed by atoms with Gasteiger partial charge in [0.25, 0.3) is 0 Å². The van der Waals surface area contributed by atoms with Gasteiger partial charge in [-0.05, 0) is 17.2 Å². The van der Waals surface area contributed by atoms with E-state index in [1.807, 2.05) is 6.08 Å². The first kappa shape index (κ1) is 5.96. The Morgan fingerprint density at radius 1 is 1.75 bits per heavy atom. The third-order valence-electron chi connectivity index (χ3n) is 1.26. The van der Waals surface area contributed by atoms with E-state index in [1.165, 1.54) is 4.91 Å². The van der Waals surface area contributed by atoms with Crippen LogP contribution in [0.3, 0.4) is 0 Å². The molecule has 1 rings (SSSR count). The van der Waals surface area contributed by atoms with Crippen LogP contribution in [-0.4, -0.2) is 0 Å². The predicted octanol–water partition coefficient (Wildman–Crippen LogP) is 2.40. The molecular weight excluding hydrogens is 116 g/mol. The number of rotatable bonds is 0. The molecule has 0 spiro atoms. The minimum atomic E-state index is 0.687. The second-order valence-corrected chi connectivity index (χ2v) is 2.80. The summed E-state index contributed by atoms with van der Waals surface area (Å²) in [5.41, 5.74) is 0. The van der Waals surface area contributed by atoms with Gasteiger partial charge in [-0.1, -0.05) is 25.2 Å². The van der Waals surface area contributed by atoms with Crippen molar-refractivity contribution >= 4 is 12.6 Å². The van der Waals surface area contributed by atoms with E-state index in [1.54, 1.807) is 0 Å². The molecule has 0 aromatic carbocycles. The lowest BCUT2D eigenvalue weighted by molar-refractivity contribution is 0.730. The van der Waals surface area contributed by atoms with Crippen molar-refractivity contribution in [2.75, 3.05) is 0 Å². The van der Waals surface area contributed by atoms with Crippen LogP contribution in [0.5, 0.6) is 0 Å². The Morgan fingerprint density at radius 3 is 2.88 bits per heavy atom. The third-order valence-corrected chi connectivity index (χ3v) is 1.59. The Hall–Kier alpha value is -0.170. The van der Waals surface area contributed by atoms with Crippen LogP contribution in [0.4, 0.5) is 0 Å². The summed E-state index contributed by atoms with van der Waals surface area (Å²) < 4.78 is 0. The van der Waals surface area contributed by atoms with Crippen LogP contribution in [0.25, 0.3) is 0 Å². The Bertz CT molecular complexity index is 133. The van der Waals surface area contributed by atoms with Gasteiger partial charge >= 0.3 is 0 Å². The first-order valence-corrected chi connectivity index (χ1v) is 3.30. The highest BCUT2D eigenvalue weighted by Gasteiger charge is 2.00. The molecule has 1 atom stereocenters. The quantitative estimate of drug-likeness (QED) is 0.473. The van der Waals surface area contributed by atoms with Crippen LogP contribution in [0, 0.1) is 5.92 Å². The topological polar surface area (TPSA) is 0 Å². The first-order valence-electron chi connectivity index (χ1n) is 2.85. The van der Waals surface area contributed by atoms with E-state index < -0.39 is 0 Å². The van der Waals surface area contributed by atoms with Crippen LogP contribution < -0.4 is 0 Å². The van der Waals surface area contributed by atoms with E-state index in [4.69, 9.17) is 0 Å². The molecule has 0 aromatic heterocycles. The second-order valence-electron chi connectivity index (χ2n) is 2.22. The van der Waals surface area contributed by atoms with Gasteiger partial charge in [-0.15, -0.1) is 12.6 Å². The fraction of sp³-hybridized carbons (Fsp3) is 0.429. The highest BCUT2D eigenvalue weighted by molar-refractivity contribution is 7.84. The Morgan fingerprint density at radius 2 is 2.50 bits per heavy atom. The standard InChI is InChI=1S/C7H10S/c1-6-3-2-4-7(8)5-6/h2-4,6,8H,5H2,1H3. The van der Waals surface area contributed by atoms with Gasteiger partial charge in [0.15, 0.2) is 0 Å². The van der Waals surface area contributed by atoms with Crippen molar-refractivity contribution in [3.63, 3.8) is 0 Å². The Labute approximate surface area is 55.7 Å². The van der Waals surface area contributed by atoms with Gasteiger partial charge in [-0.3, -0.25) is 0 Å². The monoisotopic (exact) mass is 126 g/mol. The minimum Gasteiger partial charge on any atom is -0.148 e. The van der Waals surface area contributed by atoms with Crippen LogP contribution in [0.15, 0.2) is 23.1 Å². The highest BCUT2D eigenvalue weighted by atomic mass is 32.1. The number of thiol groups is 1. The molecule has 1 heteroatoms. The van der Waals surface area contributed by atoms with Crippen molar-refractivity contribution < 1.29 is 0 Å². The maximum atomic E-state index is 4.23. The lowest BCUT2D eigenvalue weighted by atomic mass is 10.0. The van der Waals surface area contributed by atoms with Crippen molar-refractivity contribution in [1.82, 2.24) is 0 Å². The molecule has 44 valence electrons. The third kappa shape index (κ3) is 1.41. The minimum absolute atomic E-state index is 0.687. The zero-order valence-electron chi connectivity index (χ0n) is 4.96. The van der Waals surface area contributed by atoms with Crippen LogP contribution in [0.2, 0.25) is 0 Å². The number of allylic oxidation sites excluding steroid dienone is 4. The smallest absolute Gasteiger partial charge is 0.0160 e. The molecule has 0 nitrogen and oxygen atoms in total. The molecule has 0 N–H and O–H groups in total.